The van der Waals surface area contributed by atoms with E-state index in [1.807, 2.05) is 30.3 Å². The van der Waals surface area contributed by atoms with Crippen molar-refractivity contribution < 1.29 is 19.6 Å². The predicted molar refractivity (Wildman–Crippen MR) is 98.8 cm³/mol. The third kappa shape index (κ3) is 3.53. The normalized spacial score (nSPS) is 19.1. The summed E-state index contributed by atoms with van der Waals surface area (Å²) in [4.78, 5) is 36.9. The van der Waals surface area contributed by atoms with Crippen molar-refractivity contribution in [3.63, 3.8) is 0 Å². The molecule has 0 saturated carbocycles. The fourth-order valence-electron chi connectivity index (χ4n) is 3.70. The number of hydrogen-bond donors (Lipinski definition) is 1. The third-order valence-corrected chi connectivity index (χ3v) is 5.12. The summed E-state index contributed by atoms with van der Waals surface area (Å²) in [6.45, 7) is 3.69. The van der Waals surface area contributed by atoms with Gasteiger partial charge in [0.1, 0.15) is 0 Å². The van der Waals surface area contributed by atoms with Crippen molar-refractivity contribution in [2.75, 3.05) is 13.1 Å². The zero-order valence-electron chi connectivity index (χ0n) is 15.1. The van der Waals surface area contributed by atoms with E-state index in [0.29, 0.717) is 11.1 Å². The number of amides is 1. The predicted octanol–water partition coefficient (Wildman–Crippen LogP) is 3.15. The van der Waals surface area contributed by atoms with Crippen LogP contribution in [0.25, 0.3) is 0 Å². The average Bonchev–Trinajstić information content (AvgIpc) is 3.07. The number of nitrogens with zero attached hydrogens (tertiary/aromatic N) is 2. The van der Waals surface area contributed by atoms with Gasteiger partial charge in [0, 0.05) is 36.2 Å². The molecule has 7 heteroatoms. The highest BCUT2D eigenvalue weighted by molar-refractivity contribution is 5.97. The molecular weight excluding hydrogens is 348 g/mol. The van der Waals surface area contributed by atoms with Gasteiger partial charge in [0.25, 0.3) is 11.6 Å². The van der Waals surface area contributed by atoms with Crippen LogP contribution < -0.4 is 0 Å². The summed E-state index contributed by atoms with van der Waals surface area (Å²) in [5.41, 5.74) is 2.12. The smallest absolute Gasteiger partial charge is 0.308 e. The van der Waals surface area contributed by atoms with Crippen LogP contribution in [-0.2, 0) is 4.79 Å². The molecule has 1 fully saturated rings. The monoisotopic (exact) mass is 368 g/mol. The van der Waals surface area contributed by atoms with Gasteiger partial charge in [-0.2, -0.15) is 0 Å². The minimum atomic E-state index is -0.953. The highest BCUT2D eigenvalue weighted by Crippen LogP contribution is 2.34. The molecule has 1 amide bonds. The first-order valence-electron chi connectivity index (χ1n) is 8.62. The standard InChI is InChI=1S/C20H20N2O5/c1-12-8-13(2)18(22(26)27)9-15(12)19(23)21-10-16(17(11-21)20(24)25)14-6-4-3-5-7-14/h3-9,16-17H,10-11H2,1-2H3,(H,24,25). The maximum atomic E-state index is 13.0. The lowest BCUT2D eigenvalue weighted by molar-refractivity contribution is -0.385. The summed E-state index contributed by atoms with van der Waals surface area (Å²) in [7, 11) is 0. The lowest BCUT2D eigenvalue weighted by Gasteiger charge is -2.18. The van der Waals surface area contributed by atoms with E-state index in [1.54, 1.807) is 19.9 Å². The summed E-state index contributed by atoms with van der Waals surface area (Å²) in [6.07, 6.45) is 0. The number of aliphatic carboxylic acids is 1. The van der Waals surface area contributed by atoms with Crippen molar-refractivity contribution in [3.8, 4) is 0 Å². The van der Waals surface area contributed by atoms with Crippen LogP contribution in [0, 0.1) is 29.9 Å². The van der Waals surface area contributed by atoms with Gasteiger partial charge in [-0.25, -0.2) is 0 Å². The van der Waals surface area contributed by atoms with E-state index in [0.717, 1.165) is 5.56 Å². The number of carbonyl (C=O) groups is 2. The van der Waals surface area contributed by atoms with Gasteiger partial charge in [0.2, 0.25) is 0 Å². The van der Waals surface area contributed by atoms with Crippen LogP contribution in [0.2, 0.25) is 0 Å². The maximum absolute atomic E-state index is 13.0. The summed E-state index contributed by atoms with van der Waals surface area (Å²) < 4.78 is 0. The van der Waals surface area contributed by atoms with E-state index in [2.05, 4.69) is 0 Å². The molecule has 2 unspecified atom stereocenters. The molecule has 1 saturated heterocycles. The lowest BCUT2D eigenvalue weighted by Crippen LogP contribution is -2.30. The minimum Gasteiger partial charge on any atom is -0.481 e. The molecule has 1 N–H and O–H groups in total. The molecule has 0 spiro atoms. The molecule has 0 radical (unpaired) electrons. The Bertz CT molecular complexity index is 910. The summed E-state index contributed by atoms with van der Waals surface area (Å²) >= 11 is 0. The van der Waals surface area contributed by atoms with Gasteiger partial charge < -0.3 is 10.0 Å². The van der Waals surface area contributed by atoms with Gasteiger partial charge in [0.15, 0.2) is 0 Å². The van der Waals surface area contributed by atoms with Gasteiger partial charge in [-0.1, -0.05) is 30.3 Å². The Hall–Kier alpha value is -3.22. The fourth-order valence-corrected chi connectivity index (χ4v) is 3.70. The quantitative estimate of drug-likeness (QED) is 0.660. The molecular formula is C20H20N2O5. The van der Waals surface area contributed by atoms with Crippen molar-refractivity contribution in [1.29, 1.82) is 0 Å². The number of carboxylic acid groups (broad SMARTS) is 1. The number of nitro benzene ring substituents is 1. The molecule has 1 aliphatic heterocycles. The lowest BCUT2D eigenvalue weighted by atomic mass is 9.89. The molecule has 2 atom stereocenters. The van der Waals surface area contributed by atoms with E-state index >= 15 is 0 Å². The first-order valence-corrected chi connectivity index (χ1v) is 8.62. The fraction of sp³-hybridized carbons (Fsp3) is 0.300. The van der Waals surface area contributed by atoms with Crippen molar-refractivity contribution in [1.82, 2.24) is 4.90 Å². The minimum absolute atomic E-state index is 0.0782. The summed E-state index contributed by atoms with van der Waals surface area (Å²) in [6, 6.07) is 12.2. The Morgan fingerprint density at radius 2 is 1.78 bits per heavy atom. The molecule has 1 aliphatic rings. The van der Waals surface area contributed by atoms with E-state index in [1.165, 1.54) is 11.0 Å². The molecule has 7 nitrogen and oxygen atoms in total. The molecule has 0 aromatic heterocycles. The van der Waals surface area contributed by atoms with Crippen molar-refractivity contribution in [2.24, 2.45) is 5.92 Å². The third-order valence-electron chi connectivity index (χ3n) is 5.12. The molecule has 0 bridgehead atoms. The van der Waals surface area contributed by atoms with Crippen molar-refractivity contribution >= 4 is 17.6 Å². The van der Waals surface area contributed by atoms with Gasteiger partial charge in [0.05, 0.1) is 10.8 Å². The Kier molecular flexibility index (Phi) is 4.94. The second-order valence-corrected chi connectivity index (χ2v) is 6.88. The molecule has 0 aliphatic carbocycles. The number of hydrogen-bond acceptors (Lipinski definition) is 4. The number of rotatable bonds is 4. The van der Waals surface area contributed by atoms with E-state index in [-0.39, 0.29) is 36.2 Å². The van der Waals surface area contributed by atoms with Gasteiger partial charge >= 0.3 is 5.97 Å². The Balaban J connectivity index is 1.93. The number of likely N-dealkylation sites (tertiary alicyclic amines) is 1. The highest BCUT2D eigenvalue weighted by atomic mass is 16.6. The summed E-state index contributed by atoms with van der Waals surface area (Å²) in [5, 5.41) is 20.8. The molecule has 2 aromatic carbocycles. The second-order valence-electron chi connectivity index (χ2n) is 6.88. The number of carboxylic acids is 1. The van der Waals surface area contributed by atoms with Gasteiger partial charge in [-0.3, -0.25) is 19.7 Å². The number of nitro groups is 1. The second kappa shape index (κ2) is 7.19. The maximum Gasteiger partial charge on any atom is 0.308 e. The highest BCUT2D eigenvalue weighted by Gasteiger charge is 2.41. The first-order chi connectivity index (χ1) is 12.8. The Labute approximate surface area is 156 Å². The zero-order valence-corrected chi connectivity index (χ0v) is 15.1. The molecule has 27 heavy (non-hydrogen) atoms. The van der Waals surface area contributed by atoms with Gasteiger partial charge in [-0.05, 0) is 31.0 Å². The Morgan fingerprint density at radius 1 is 1.11 bits per heavy atom. The topological polar surface area (TPSA) is 101 Å². The molecule has 2 aromatic rings. The number of benzene rings is 2. The molecule has 140 valence electrons. The van der Waals surface area contributed by atoms with Crippen LogP contribution in [0.4, 0.5) is 5.69 Å². The van der Waals surface area contributed by atoms with E-state index < -0.39 is 16.8 Å². The van der Waals surface area contributed by atoms with E-state index in [9.17, 15) is 24.8 Å². The van der Waals surface area contributed by atoms with Crippen LogP contribution in [0.5, 0.6) is 0 Å². The number of aryl methyl sites for hydroxylation is 2. The SMILES string of the molecule is Cc1cc(C)c([N+](=O)[O-])cc1C(=O)N1CC(C(=O)O)C(c2ccccc2)C1. The van der Waals surface area contributed by atoms with Crippen LogP contribution in [-0.4, -0.2) is 39.9 Å². The Morgan fingerprint density at radius 3 is 2.37 bits per heavy atom. The van der Waals surface area contributed by atoms with Crippen LogP contribution >= 0.6 is 0 Å². The molecule has 3 rings (SSSR count). The average molecular weight is 368 g/mol. The van der Waals surface area contributed by atoms with Crippen molar-refractivity contribution in [3.05, 3.63) is 74.8 Å². The largest absolute Gasteiger partial charge is 0.481 e. The first kappa shape index (κ1) is 18.6. The number of carbonyl (C=O) groups excluding carboxylic acids is 1. The molecule has 1 heterocycles. The van der Waals surface area contributed by atoms with Crippen LogP contribution in [0.3, 0.4) is 0 Å². The van der Waals surface area contributed by atoms with Crippen molar-refractivity contribution in [2.45, 2.75) is 19.8 Å². The van der Waals surface area contributed by atoms with E-state index in [4.69, 9.17) is 0 Å². The van der Waals surface area contributed by atoms with Crippen LogP contribution in [0.1, 0.15) is 33.0 Å². The summed E-state index contributed by atoms with van der Waals surface area (Å²) in [5.74, 6) is -2.35. The van der Waals surface area contributed by atoms with Gasteiger partial charge in [-0.15, -0.1) is 0 Å². The van der Waals surface area contributed by atoms with Crippen LogP contribution in [0.15, 0.2) is 42.5 Å². The zero-order chi connectivity index (χ0) is 19.7.